The number of amides is 1. The average molecular weight is 399 g/mol. The van der Waals surface area contributed by atoms with Crippen molar-refractivity contribution < 1.29 is 27.9 Å². The zero-order valence-electron chi connectivity index (χ0n) is 16.3. The number of esters is 1. The Morgan fingerprint density at radius 1 is 1.17 bits per heavy atom. The van der Waals surface area contributed by atoms with Gasteiger partial charge in [-0.25, -0.2) is 9.59 Å². The smallest absolute Gasteiger partial charge is 0.336 e. The minimum atomic E-state index is -0.876. The molecule has 1 N–H and O–H groups in total. The Kier molecular flexibility index (Phi) is 6.01. The predicted octanol–water partition coefficient (Wildman–Crippen LogP) is 2.89. The van der Waals surface area contributed by atoms with Gasteiger partial charge in [0.2, 0.25) is 0 Å². The second kappa shape index (κ2) is 8.64. The predicted molar refractivity (Wildman–Crippen MR) is 104 cm³/mol. The first kappa shape index (κ1) is 20.2. The van der Waals surface area contributed by atoms with E-state index in [9.17, 15) is 14.4 Å². The van der Waals surface area contributed by atoms with Gasteiger partial charge in [0.1, 0.15) is 24.0 Å². The molecule has 1 aromatic carbocycles. The van der Waals surface area contributed by atoms with Crippen molar-refractivity contribution in [1.29, 1.82) is 0 Å². The number of hydrogen-bond donors (Lipinski definition) is 1. The molecule has 8 heteroatoms. The summed E-state index contributed by atoms with van der Waals surface area (Å²) in [4.78, 5) is 36.6. The van der Waals surface area contributed by atoms with Gasteiger partial charge in [0.25, 0.3) is 5.91 Å². The summed E-state index contributed by atoms with van der Waals surface area (Å²) in [5.41, 5.74) is 0.255. The molecule has 0 saturated heterocycles. The van der Waals surface area contributed by atoms with E-state index in [2.05, 4.69) is 5.32 Å². The number of fused-ring (bicyclic) bond motifs is 1. The number of carbonyl (C=O) groups is 2. The molecule has 0 fully saturated rings. The first-order valence-electron chi connectivity index (χ1n) is 9.01. The molecule has 3 aromatic rings. The lowest BCUT2D eigenvalue weighted by molar-refractivity contribution is -0.148. The van der Waals surface area contributed by atoms with Crippen molar-refractivity contribution in [3.05, 3.63) is 64.4 Å². The summed E-state index contributed by atoms with van der Waals surface area (Å²) in [6.45, 7) is 3.42. The van der Waals surface area contributed by atoms with E-state index in [4.69, 9.17) is 18.3 Å². The van der Waals surface area contributed by atoms with Crippen LogP contribution in [0.15, 0.2) is 56.3 Å². The molecule has 29 heavy (non-hydrogen) atoms. The highest BCUT2D eigenvalue weighted by Gasteiger charge is 2.27. The minimum absolute atomic E-state index is 0.101. The molecule has 1 amide bonds. The van der Waals surface area contributed by atoms with E-state index >= 15 is 0 Å². The fraction of sp³-hybridized carbons (Fsp3) is 0.286. The van der Waals surface area contributed by atoms with Crippen LogP contribution < -0.4 is 15.7 Å². The van der Waals surface area contributed by atoms with Crippen molar-refractivity contribution in [1.82, 2.24) is 5.32 Å². The fourth-order valence-electron chi connectivity index (χ4n) is 2.81. The number of carbonyl (C=O) groups excluding carboxylic acids is 2. The van der Waals surface area contributed by atoms with Gasteiger partial charge in [0, 0.05) is 23.1 Å². The third-order valence-electron chi connectivity index (χ3n) is 4.36. The second-order valence-corrected chi connectivity index (χ2v) is 6.73. The van der Waals surface area contributed by atoms with Gasteiger partial charge >= 0.3 is 11.6 Å². The summed E-state index contributed by atoms with van der Waals surface area (Å²) in [7, 11) is 1.51. The van der Waals surface area contributed by atoms with Gasteiger partial charge in [-0.05, 0) is 30.2 Å². The number of benzene rings is 1. The maximum Gasteiger partial charge on any atom is 0.336 e. The number of methoxy groups -OCH3 is 1. The number of furan rings is 1. The summed E-state index contributed by atoms with van der Waals surface area (Å²) >= 11 is 0. The highest BCUT2D eigenvalue weighted by Crippen LogP contribution is 2.23. The van der Waals surface area contributed by atoms with Gasteiger partial charge in [-0.15, -0.1) is 0 Å². The van der Waals surface area contributed by atoms with Gasteiger partial charge < -0.3 is 23.6 Å². The van der Waals surface area contributed by atoms with Crippen molar-refractivity contribution in [3.63, 3.8) is 0 Å². The fourth-order valence-corrected chi connectivity index (χ4v) is 2.81. The molecule has 0 saturated carbocycles. The molecule has 0 unspecified atom stereocenters. The molecular formula is C21H21NO7. The van der Waals surface area contributed by atoms with E-state index < -0.39 is 23.5 Å². The van der Waals surface area contributed by atoms with E-state index in [-0.39, 0.29) is 18.3 Å². The summed E-state index contributed by atoms with van der Waals surface area (Å²) in [6, 6.07) is 8.50. The van der Waals surface area contributed by atoms with Gasteiger partial charge in [0.05, 0.1) is 13.4 Å². The van der Waals surface area contributed by atoms with E-state index in [1.54, 1.807) is 38.1 Å². The third kappa shape index (κ3) is 4.66. The lowest BCUT2D eigenvalue weighted by Gasteiger charge is -2.20. The monoisotopic (exact) mass is 399 g/mol. The highest BCUT2D eigenvalue weighted by molar-refractivity contribution is 5.94. The Morgan fingerprint density at radius 2 is 1.97 bits per heavy atom. The van der Waals surface area contributed by atoms with E-state index in [0.29, 0.717) is 22.3 Å². The molecule has 8 nitrogen and oxygen atoms in total. The van der Waals surface area contributed by atoms with Gasteiger partial charge in [-0.3, -0.25) is 4.79 Å². The Bertz CT molecular complexity index is 1070. The molecular weight excluding hydrogens is 378 g/mol. The number of ether oxygens (including phenoxy) is 2. The van der Waals surface area contributed by atoms with Crippen LogP contribution in [0.5, 0.6) is 5.75 Å². The lowest BCUT2D eigenvalue weighted by Crippen LogP contribution is -2.45. The molecule has 2 aromatic heterocycles. The van der Waals surface area contributed by atoms with Crippen molar-refractivity contribution in [2.45, 2.75) is 26.5 Å². The molecule has 0 aliphatic carbocycles. The average Bonchev–Trinajstić information content (AvgIpc) is 3.23. The molecule has 0 spiro atoms. The van der Waals surface area contributed by atoms with Crippen molar-refractivity contribution in [3.8, 4) is 5.75 Å². The molecule has 1 atom stereocenters. The number of hydrogen-bond acceptors (Lipinski definition) is 7. The largest absolute Gasteiger partial charge is 0.497 e. The molecule has 0 radical (unpaired) electrons. The Hall–Kier alpha value is -3.55. The highest BCUT2D eigenvalue weighted by atomic mass is 16.5. The number of nitrogens with one attached hydrogen (secondary N) is 1. The summed E-state index contributed by atoms with van der Waals surface area (Å²) in [5, 5.41) is 3.24. The maximum absolute atomic E-state index is 12.6. The van der Waals surface area contributed by atoms with Crippen molar-refractivity contribution in [2.75, 3.05) is 7.11 Å². The standard InChI is InChI=1S/C21H21NO7/c1-12(2)19(22-20(24)16-5-4-8-27-16)21(25)28-11-13-9-18(23)29-17-10-14(26-3)6-7-15(13)17/h4-10,12,19H,11H2,1-3H3,(H,22,24)/t19-/m0/s1. The molecule has 0 bridgehead atoms. The van der Waals surface area contributed by atoms with Crippen LogP contribution in [0.4, 0.5) is 0 Å². The molecule has 0 aliphatic heterocycles. The normalized spacial score (nSPS) is 12.0. The molecule has 2 heterocycles. The number of rotatable bonds is 7. The summed E-state index contributed by atoms with van der Waals surface area (Å²) in [5.74, 6) is -0.707. The minimum Gasteiger partial charge on any atom is -0.497 e. The van der Waals surface area contributed by atoms with E-state index in [1.165, 1.54) is 25.5 Å². The van der Waals surface area contributed by atoms with Crippen LogP contribution in [0.25, 0.3) is 11.0 Å². The van der Waals surface area contributed by atoms with E-state index in [1.807, 2.05) is 0 Å². The van der Waals surface area contributed by atoms with Crippen LogP contribution in [0, 0.1) is 5.92 Å². The SMILES string of the molecule is COc1ccc2c(COC(=O)[C@@H](NC(=O)c3ccco3)C(C)C)cc(=O)oc2c1. The summed E-state index contributed by atoms with van der Waals surface area (Å²) < 4.78 is 20.8. The summed E-state index contributed by atoms with van der Waals surface area (Å²) in [6.07, 6.45) is 1.37. The van der Waals surface area contributed by atoms with Crippen LogP contribution in [0.1, 0.15) is 30.0 Å². The molecule has 152 valence electrons. The second-order valence-electron chi connectivity index (χ2n) is 6.73. The Labute approximate surface area is 166 Å². The molecule has 3 rings (SSSR count). The quantitative estimate of drug-likeness (QED) is 0.481. The topological polar surface area (TPSA) is 108 Å². The van der Waals surface area contributed by atoms with Crippen LogP contribution in [0.2, 0.25) is 0 Å². The van der Waals surface area contributed by atoms with Crippen LogP contribution in [-0.2, 0) is 16.1 Å². The van der Waals surface area contributed by atoms with Gasteiger partial charge in [-0.2, -0.15) is 0 Å². The lowest BCUT2D eigenvalue weighted by atomic mass is 10.0. The molecule has 0 aliphatic rings. The van der Waals surface area contributed by atoms with Crippen LogP contribution in [-0.4, -0.2) is 25.0 Å². The third-order valence-corrected chi connectivity index (χ3v) is 4.36. The van der Waals surface area contributed by atoms with E-state index in [0.717, 1.165) is 0 Å². The zero-order valence-corrected chi connectivity index (χ0v) is 16.3. The first-order chi connectivity index (χ1) is 13.9. The van der Waals surface area contributed by atoms with Crippen LogP contribution in [0.3, 0.4) is 0 Å². The first-order valence-corrected chi connectivity index (χ1v) is 9.01. The maximum atomic E-state index is 12.6. The van der Waals surface area contributed by atoms with Gasteiger partial charge in [0.15, 0.2) is 5.76 Å². The van der Waals surface area contributed by atoms with Crippen molar-refractivity contribution in [2.24, 2.45) is 5.92 Å². The zero-order chi connectivity index (χ0) is 21.0. The van der Waals surface area contributed by atoms with Crippen LogP contribution >= 0.6 is 0 Å². The van der Waals surface area contributed by atoms with Gasteiger partial charge in [-0.1, -0.05) is 13.8 Å². The Balaban J connectivity index is 1.76. The Morgan fingerprint density at radius 3 is 2.62 bits per heavy atom. The van der Waals surface area contributed by atoms with Crippen molar-refractivity contribution >= 4 is 22.8 Å².